The number of hydrogen-bond donors (Lipinski definition) is 2. The van der Waals surface area contributed by atoms with Crippen LogP contribution in [0.5, 0.6) is 5.75 Å². The van der Waals surface area contributed by atoms with Crippen molar-refractivity contribution in [2.24, 2.45) is 5.73 Å². The number of carbonyl (C=O) groups excluding carboxylic acids is 1. The van der Waals surface area contributed by atoms with Gasteiger partial charge in [0, 0.05) is 19.2 Å². The molecule has 0 saturated heterocycles. The van der Waals surface area contributed by atoms with Crippen LogP contribution in [0.3, 0.4) is 0 Å². The molecule has 8 heteroatoms. The molecule has 0 unspecified atom stereocenters. The Morgan fingerprint density at radius 3 is 2.74 bits per heavy atom. The monoisotopic (exact) mass is 289 g/mol. The van der Waals surface area contributed by atoms with E-state index in [4.69, 9.17) is 10.5 Å². The van der Waals surface area contributed by atoms with Crippen molar-refractivity contribution in [3.05, 3.63) is 34.4 Å². The maximum absolute atomic E-state index is 11.2. The first-order valence-electron chi connectivity index (χ1n) is 5.48. The van der Waals surface area contributed by atoms with Crippen LogP contribution in [0.25, 0.3) is 0 Å². The maximum Gasteiger partial charge on any atom is 0.310 e. The van der Waals surface area contributed by atoms with Gasteiger partial charge in [-0.3, -0.25) is 14.9 Å². The van der Waals surface area contributed by atoms with E-state index in [2.05, 4.69) is 5.32 Å². The molecule has 3 N–H and O–H groups in total. The minimum Gasteiger partial charge on any atom is -0.486 e. The van der Waals surface area contributed by atoms with Crippen LogP contribution in [0.15, 0.2) is 24.3 Å². The zero-order chi connectivity index (χ0) is 13.4. The zero-order valence-electron chi connectivity index (χ0n) is 10.2. The molecular formula is C11H16ClN3O4. The Hall–Kier alpha value is -1.86. The number of para-hydroxylation sites is 2. The summed E-state index contributed by atoms with van der Waals surface area (Å²) in [6.45, 7) is 0.863. The van der Waals surface area contributed by atoms with E-state index in [0.717, 1.165) is 0 Å². The van der Waals surface area contributed by atoms with Crippen LogP contribution in [0.4, 0.5) is 5.69 Å². The van der Waals surface area contributed by atoms with Crippen LogP contribution in [-0.2, 0) is 4.79 Å². The fourth-order valence-corrected chi connectivity index (χ4v) is 1.28. The number of nitrogens with zero attached hydrogens (tertiary/aromatic N) is 1. The summed E-state index contributed by atoms with van der Waals surface area (Å²) in [6.07, 6.45) is 0.131. The molecule has 19 heavy (non-hydrogen) atoms. The lowest BCUT2D eigenvalue weighted by Crippen LogP contribution is -2.29. The Labute approximate surface area is 116 Å². The minimum atomic E-state index is -0.524. The molecule has 0 saturated carbocycles. The van der Waals surface area contributed by atoms with E-state index >= 15 is 0 Å². The molecule has 0 atom stereocenters. The molecular weight excluding hydrogens is 274 g/mol. The number of rotatable bonds is 7. The van der Waals surface area contributed by atoms with Crippen molar-refractivity contribution in [2.45, 2.75) is 6.42 Å². The normalized spacial score (nSPS) is 9.32. The van der Waals surface area contributed by atoms with Gasteiger partial charge >= 0.3 is 5.69 Å². The summed E-state index contributed by atoms with van der Waals surface area (Å²) in [5, 5.41) is 13.3. The lowest BCUT2D eigenvalue weighted by molar-refractivity contribution is -0.385. The third kappa shape index (κ3) is 6.03. The van der Waals surface area contributed by atoms with Crippen molar-refractivity contribution in [2.75, 3.05) is 19.7 Å². The number of nitrogens with two attached hydrogens (primary N) is 1. The summed E-state index contributed by atoms with van der Waals surface area (Å²) in [5.41, 5.74) is 5.12. The number of nitro groups is 1. The Balaban J connectivity index is 0.00000324. The lowest BCUT2D eigenvalue weighted by atomic mass is 10.3. The number of ether oxygens (including phenoxy) is 1. The molecule has 0 aliphatic heterocycles. The van der Waals surface area contributed by atoms with Crippen LogP contribution in [0, 0.1) is 10.1 Å². The van der Waals surface area contributed by atoms with Crippen LogP contribution >= 0.6 is 12.4 Å². The van der Waals surface area contributed by atoms with Crippen LogP contribution in [0.1, 0.15) is 6.42 Å². The topological polar surface area (TPSA) is 107 Å². The van der Waals surface area contributed by atoms with Crippen molar-refractivity contribution < 1.29 is 14.5 Å². The molecule has 1 amide bonds. The standard InChI is InChI=1S/C11H15N3O4.ClH/c12-6-7-13-11(15)5-8-18-10-4-2-1-3-9(10)14(16)17;/h1-4H,5-8,12H2,(H,13,15);1H. The second-order valence-electron chi connectivity index (χ2n) is 3.46. The minimum absolute atomic E-state index is 0. The molecule has 7 nitrogen and oxygen atoms in total. The van der Waals surface area contributed by atoms with Gasteiger partial charge in [0.2, 0.25) is 5.91 Å². The molecule has 1 aromatic carbocycles. The van der Waals surface area contributed by atoms with E-state index in [9.17, 15) is 14.9 Å². The van der Waals surface area contributed by atoms with Gasteiger partial charge in [-0.05, 0) is 6.07 Å². The number of hydrogen-bond acceptors (Lipinski definition) is 5. The summed E-state index contributed by atoms with van der Waals surface area (Å²) < 4.78 is 5.22. The largest absolute Gasteiger partial charge is 0.486 e. The SMILES string of the molecule is Cl.NCCNC(=O)CCOc1ccccc1[N+](=O)[O-]. The van der Waals surface area contributed by atoms with Gasteiger partial charge in [-0.2, -0.15) is 0 Å². The van der Waals surface area contributed by atoms with Crippen molar-refractivity contribution >= 4 is 24.0 Å². The molecule has 0 heterocycles. The smallest absolute Gasteiger partial charge is 0.310 e. The van der Waals surface area contributed by atoms with E-state index in [1.54, 1.807) is 12.1 Å². The molecule has 0 spiro atoms. The molecule has 0 aliphatic carbocycles. The fourth-order valence-electron chi connectivity index (χ4n) is 1.28. The Bertz CT molecular complexity index is 428. The van der Waals surface area contributed by atoms with E-state index in [1.165, 1.54) is 12.1 Å². The second kappa shape index (κ2) is 9.12. The highest BCUT2D eigenvalue weighted by Crippen LogP contribution is 2.25. The van der Waals surface area contributed by atoms with Crippen LogP contribution < -0.4 is 15.8 Å². The highest BCUT2D eigenvalue weighted by molar-refractivity contribution is 5.85. The number of nitro benzene ring substituents is 1. The Morgan fingerprint density at radius 1 is 1.42 bits per heavy atom. The van der Waals surface area contributed by atoms with E-state index < -0.39 is 4.92 Å². The van der Waals surface area contributed by atoms with Gasteiger partial charge in [-0.1, -0.05) is 12.1 Å². The third-order valence-electron chi connectivity index (χ3n) is 2.12. The molecule has 1 rings (SSSR count). The van der Waals surface area contributed by atoms with Gasteiger partial charge in [-0.15, -0.1) is 12.4 Å². The van der Waals surface area contributed by atoms with Crippen molar-refractivity contribution in [1.29, 1.82) is 0 Å². The maximum atomic E-state index is 11.2. The van der Waals surface area contributed by atoms with Gasteiger partial charge in [0.1, 0.15) is 0 Å². The second-order valence-corrected chi connectivity index (χ2v) is 3.46. The average molecular weight is 290 g/mol. The average Bonchev–Trinajstić information content (AvgIpc) is 2.36. The van der Waals surface area contributed by atoms with E-state index in [-0.39, 0.29) is 42.8 Å². The third-order valence-corrected chi connectivity index (χ3v) is 2.12. The first kappa shape index (κ1) is 17.1. The van der Waals surface area contributed by atoms with Gasteiger partial charge in [0.15, 0.2) is 5.75 Å². The Morgan fingerprint density at radius 2 is 2.11 bits per heavy atom. The molecule has 0 fully saturated rings. The predicted octanol–water partition coefficient (Wildman–Crippen LogP) is 0.860. The van der Waals surface area contributed by atoms with E-state index in [0.29, 0.717) is 13.1 Å². The molecule has 106 valence electrons. The first-order chi connectivity index (χ1) is 8.65. The number of benzene rings is 1. The van der Waals surface area contributed by atoms with E-state index in [1.807, 2.05) is 0 Å². The molecule has 0 bridgehead atoms. The van der Waals surface area contributed by atoms with Crippen LogP contribution in [-0.4, -0.2) is 30.5 Å². The Kier molecular flexibility index (Phi) is 8.23. The zero-order valence-corrected chi connectivity index (χ0v) is 11.0. The van der Waals surface area contributed by atoms with Crippen molar-refractivity contribution in [1.82, 2.24) is 5.32 Å². The lowest BCUT2D eigenvalue weighted by Gasteiger charge is -2.06. The molecule has 0 aliphatic rings. The number of amides is 1. The van der Waals surface area contributed by atoms with Crippen LogP contribution in [0.2, 0.25) is 0 Å². The number of halogens is 1. The fraction of sp³-hybridized carbons (Fsp3) is 0.364. The van der Waals surface area contributed by atoms with Crippen molar-refractivity contribution in [3.63, 3.8) is 0 Å². The molecule has 0 radical (unpaired) electrons. The summed E-state index contributed by atoms with van der Waals surface area (Å²) in [5.74, 6) is -0.0341. The highest BCUT2D eigenvalue weighted by Gasteiger charge is 2.13. The van der Waals surface area contributed by atoms with Crippen molar-refractivity contribution in [3.8, 4) is 5.75 Å². The first-order valence-corrected chi connectivity index (χ1v) is 5.48. The molecule has 1 aromatic rings. The van der Waals surface area contributed by atoms with Gasteiger partial charge < -0.3 is 15.8 Å². The summed E-state index contributed by atoms with van der Waals surface area (Å²) in [6, 6.07) is 6.04. The predicted molar refractivity (Wildman–Crippen MR) is 72.5 cm³/mol. The highest BCUT2D eigenvalue weighted by atomic mass is 35.5. The number of nitrogens with one attached hydrogen (secondary N) is 1. The van der Waals surface area contributed by atoms with Gasteiger partial charge in [0.05, 0.1) is 18.0 Å². The van der Waals surface area contributed by atoms with Gasteiger partial charge in [-0.25, -0.2) is 0 Å². The summed E-state index contributed by atoms with van der Waals surface area (Å²) in [7, 11) is 0. The quantitative estimate of drug-likeness (QED) is 0.572. The molecule has 0 aromatic heterocycles. The number of carbonyl (C=O) groups is 1. The van der Waals surface area contributed by atoms with Gasteiger partial charge in [0.25, 0.3) is 0 Å². The summed E-state index contributed by atoms with van der Waals surface area (Å²) >= 11 is 0. The summed E-state index contributed by atoms with van der Waals surface area (Å²) in [4.78, 5) is 21.4.